The highest BCUT2D eigenvalue weighted by Gasteiger charge is 2.41. The number of benzene rings is 2. The Labute approximate surface area is 156 Å². The second-order valence-corrected chi connectivity index (χ2v) is 6.25. The van der Waals surface area contributed by atoms with E-state index in [-0.39, 0.29) is 24.2 Å². The van der Waals surface area contributed by atoms with Gasteiger partial charge in [-0.1, -0.05) is 67.5 Å². The second kappa shape index (κ2) is 9.00. The molecule has 130 valence electrons. The first kappa shape index (κ1) is 15.9. The molecule has 1 unspecified atom stereocenters. The lowest BCUT2D eigenvalue weighted by molar-refractivity contribution is -0.123. The van der Waals surface area contributed by atoms with Crippen LogP contribution >= 0.6 is 12.4 Å². The fraction of sp³-hybridized carbons (Fsp3) is 0.381. The van der Waals surface area contributed by atoms with Crippen molar-refractivity contribution in [2.45, 2.75) is 38.1 Å². The van der Waals surface area contributed by atoms with Crippen molar-refractivity contribution in [3.05, 3.63) is 71.8 Å². The highest BCUT2D eigenvalue weighted by Crippen LogP contribution is 2.39. The summed E-state index contributed by atoms with van der Waals surface area (Å²) in [4.78, 5) is 15.5. The van der Waals surface area contributed by atoms with Crippen molar-refractivity contribution in [1.82, 2.24) is 4.90 Å². The van der Waals surface area contributed by atoms with Gasteiger partial charge in [0.2, 0.25) is 0 Å². The summed E-state index contributed by atoms with van der Waals surface area (Å²) in [5.41, 5.74) is 0.698. The van der Waals surface area contributed by atoms with E-state index in [2.05, 4.69) is 11.8 Å². The van der Waals surface area contributed by atoms with Crippen molar-refractivity contribution in [3.63, 3.8) is 0 Å². The van der Waals surface area contributed by atoms with E-state index in [0.717, 1.165) is 11.1 Å². The Morgan fingerprint density at radius 2 is 1.50 bits per heavy atom. The van der Waals surface area contributed by atoms with Crippen molar-refractivity contribution < 1.29 is 8.91 Å². The van der Waals surface area contributed by atoms with Crippen LogP contribution in [0.25, 0.3) is 0 Å². The minimum atomic E-state index is -2.30. The van der Waals surface area contributed by atoms with Crippen molar-refractivity contribution in [2.24, 2.45) is 0 Å². The summed E-state index contributed by atoms with van der Waals surface area (Å²) in [6.45, 7) is -0.240. The van der Waals surface area contributed by atoms with Crippen LogP contribution in [-0.4, -0.2) is 30.8 Å². The van der Waals surface area contributed by atoms with Gasteiger partial charge in [0.15, 0.2) is 0 Å². The van der Waals surface area contributed by atoms with Crippen LogP contribution in [-0.2, 0) is 10.2 Å². The molecule has 0 bridgehead atoms. The highest BCUT2D eigenvalue weighted by molar-refractivity contribution is 5.93. The molecule has 0 saturated carbocycles. The molecule has 24 heavy (non-hydrogen) atoms. The average molecular weight is 349 g/mol. The Morgan fingerprint density at radius 3 is 1.88 bits per heavy atom. The summed E-state index contributed by atoms with van der Waals surface area (Å²) < 4.78 is 22.9. The van der Waals surface area contributed by atoms with Crippen LogP contribution in [0.3, 0.4) is 0 Å². The number of halogens is 1. The average Bonchev–Trinajstić information content (AvgIpc) is 2.59. The van der Waals surface area contributed by atoms with Crippen molar-refractivity contribution >= 4 is 18.2 Å². The normalized spacial score (nSPS) is 14.9. The van der Waals surface area contributed by atoms with Gasteiger partial charge in [-0.3, -0.25) is 4.79 Å². The smallest absolute Gasteiger partial charge is 0.147 e. The monoisotopic (exact) mass is 348 g/mol. The van der Waals surface area contributed by atoms with Gasteiger partial charge in [-0.25, -0.2) is 0 Å². The summed E-state index contributed by atoms with van der Waals surface area (Å²) in [6, 6.07) is 19.2. The van der Waals surface area contributed by atoms with Gasteiger partial charge in [-0.05, 0) is 38.6 Å². The third kappa shape index (κ3) is 4.06. The molecule has 2 aromatic rings. The van der Waals surface area contributed by atoms with Gasteiger partial charge in [0, 0.05) is 16.6 Å². The minimum absolute atomic E-state index is 0. The largest absolute Gasteiger partial charge is 0.307 e. The summed E-state index contributed by atoms with van der Waals surface area (Å²) >= 11 is 0. The number of rotatable bonds is 7. The number of hydrogen-bond donors (Lipinski definition) is 0. The molecule has 2 aromatic carbocycles. The molecule has 0 N–H and O–H groups in total. The van der Waals surface area contributed by atoms with Crippen LogP contribution in [0.1, 0.15) is 41.9 Å². The lowest BCUT2D eigenvalue weighted by atomic mass is 9.67. The lowest BCUT2D eigenvalue weighted by Crippen LogP contribution is -2.42. The Hall–Kier alpha value is -1.64. The van der Waals surface area contributed by atoms with Gasteiger partial charge in [0.05, 0.1) is 5.41 Å². The molecule has 0 aliphatic carbocycles. The van der Waals surface area contributed by atoms with Gasteiger partial charge in [-0.2, -0.15) is 0 Å². The van der Waals surface area contributed by atoms with E-state index in [1.54, 1.807) is 0 Å². The molecule has 3 heteroatoms. The van der Waals surface area contributed by atoms with Gasteiger partial charge < -0.3 is 4.90 Å². The van der Waals surface area contributed by atoms with E-state index in [1.165, 1.54) is 0 Å². The lowest BCUT2D eigenvalue weighted by Gasteiger charge is -2.37. The first-order chi connectivity index (χ1) is 12.2. The molecule has 0 spiro atoms. The van der Waals surface area contributed by atoms with E-state index < -0.39 is 18.7 Å². The minimum Gasteiger partial charge on any atom is -0.307 e. The number of Topliss-reactive ketones (excluding diaryl/α,β-unsaturated/α-hetero) is 1. The van der Waals surface area contributed by atoms with E-state index >= 15 is 0 Å². The molecule has 0 aliphatic rings. The number of carbonyl (C=O) groups is 1. The fourth-order valence-corrected chi connectivity index (χ4v) is 3.06. The topological polar surface area (TPSA) is 20.3 Å². The van der Waals surface area contributed by atoms with E-state index in [9.17, 15) is 4.79 Å². The first-order valence-electron chi connectivity index (χ1n) is 9.47. The number of hydrogen-bond acceptors (Lipinski definition) is 2. The van der Waals surface area contributed by atoms with Crippen molar-refractivity contribution in [3.8, 4) is 0 Å². The Bertz CT molecular complexity index is 678. The second-order valence-electron chi connectivity index (χ2n) is 6.25. The number of carbonyl (C=O) groups excluding carboxylic acids is 1. The molecule has 2 nitrogen and oxygen atoms in total. The van der Waals surface area contributed by atoms with E-state index in [0.29, 0.717) is 6.42 Å². The van der Waals surface area contributed by atoms with E-state index in [1.807, 2.05) is 74.8 Å². The van der Waals surface area contributed by atoms with Crippen LogP contribution in [0.15, 0.2) is 60.7 Å². The number of ketones is 1. The SMILES string of the molecule is Cl.[2H]C([2H])([2H])CC(=O)C(CC(C)N(C)C)(c1ccccc1)c1ccccc1. The van der Waals surface area contributed by atoms with Crippen LogP contribution in [0.4, 0.5) is 0 Å². The molecule has 0 aromatic heterocycles. The Balaban J connectivity index is 0.00000364. The molecule has 0 heterocycles. The Morgan fingerprint density at radius 1 is 1.04 bits per heavy atom. The van der Waals surface area contributed by atoms with Crippen LogP contribution in [0.5, 0.6) is 0 Å². The maximum Gasteiger partial charge on any atom is 0.147 e. The molecule has 0 aliphatic heterocycles. The maximum absolute atomic E-state index is 13.5. The number of nitrogens with zero attached hydrogens (tertiary/aromatic N) is 1. The zero-order valence-corrected chi connectivity index (χ0v) is 15.3. The van der Waals surface area contributed by atoms with Crippen molar-refractivity contribution in [1.29, 1.82) is 0 Å². The van der Waals surface area contributed by atoms with E-state index in [4.69, 9.17) is 4.11 Å². The summed E-state index contributed by atoms with van der Waals surface area (Å²) in [7, 11) is 3.94. The molecular formula is C21H28ClNO. The van der Waals surface area contributed by atoms with Crippen molar-refractivity contribution in [2.75, 3.05) is 14.1 Å². The molecule has 0 radical (unpaired) electrons. The molecular weight excluding hydrogens is 318 g/mol. The quantitative estimate of drug-likeness (QED) is 0.722. The molecule has 1 atom stereocenters. The standard InChI is InChI=1S/C21H27NO.ClH/c1-5-20(23)21(16-17(2)22(3)4,18-12-8-6-9-13-18)19-14-10-7-11-15-19;/h6-15,17H,5,16H2,1-4H3;1H/i1D3;. The molecule has 2 rings (SSSR count). The van der Waals surface area contributed by atoms with Gasteiger partial charge in [-0.15, -0.1) is 12.4 Å². The van der Waals surface area contributed by atoms with Crippen LogP contribution in [0, 0.1) is 0 Å². The predicted molar refractivity (Wildman–Crippen MR) is 104 cm³/mol. The van der Waals surface area contributed by atoms with Crippen LogP contribution < -0.4 is 0 Å². The Kier molecular flexibility index (Phi) is 5.95. The molecule has 0 amide bonds. The van der Waals surface area contributed by atoms with Gasteiger partial charge >= 0.3 is 0 Å². The van der Waals surface area contributed by atoms with Gasteiger partial charge in [0.1, 0.15) is 5.78 Å². The predicted octanol–water partition coefficient (Wildman–Crippen LogP) is 4.71. The summed E-state index contributed by atoms with van der Waals surface area (Å²) in [6.07, 6.45) is 0.0693. The highest BCUT2D eigenvalue weighted by atomic mass is 35.5. The summed E-state index contributed by atoms with van der Waals surface area (Å²) in [5.74, 6) is -0.261. The maximum atomic E-state index is 13.5. The zero-order valence-electron chi connectivity index (χ0n) is 17.5. The van der Waals surface area contributed by atoms with Crippen LogP contribution in [0.2, 0.25) is 0 Å². The third-order valence-electron chi connectivity index (χ3n) is 4.65. The summed E-state index contributed by atoms with van der Waals surface area (Å²) in [5, 5.41) is 0. The zero-order chi connectivity index (χ0) is 19.4. The third-order valence-corrected chi connectivity index (χ3v) is 4.65. The molecule has 0 saturated heterocycles. The fourth-order valence-electron chi connectivity index (χ4n) is 3.06. The van der Waals surface area contributed by atoms with Gasteiger partial charge in [0.25, 0.3) is 0 Å². The molecule has 0 fully saturated rings. The first-order valence-corrected chi connectivity index (χ1v) is 7.97.